The summed E-state index contributed by atoms with van der Waals surface area (Å²) in [4.78, 5) is 23.7. The summed E-state index contributed by atoms with van der Waals surface area (Å²) in [5.41, 5.74) is 0.240. The van der Waals surface area contributed by atoms with Crippen molar-refractivity contribution in [2.24, 2.45) is 5.41 Å². The molecule has 2 saturated heterocycles. The molecule has 1 atom stereocenters. The highest BCUT2D eigenvalue weighted by Crippen LogP contribution is 2.50. The highest BCUT2D eigenvalue weighted by molar-refractivity contribution is 6.29. The first-order valence-corrected chi connectivity index (χ1v) is 9.66. The molecule has 3 aliphatic rings. The zero-order chi connectivity index (χ0) is 18.4. The van der Waals surface area contributed by atoms with Crippen LogP contribution in [0.15, 0.2) is 24.7 Å². The second-order valence-electron chi connectivity index (χ2n) is 7.91. The van der Waals surface area contributed by atoms with Crippen LogP contribution in [-0.4, -0.2) is 68.3 Å². The molecule has 2 aromatic rings. The van der Waals surface area contributed by atoms with Gasteiger partial charge >= 0.3 is 6.03 Å². The number of aromatic amines is 1. The van der Waals surface area contributed by atoms with Crippen molar-refractivity contribution in [2.75, 3.05) is 26.2 Å². The summed E-state index contributed by atoms with van der Waals surface area (Å²) in [7, 11) is 0. The fraction of sp³-hybridized carbons (Fsp3) is 0.556. The van der Waals surface area contributed by atoms with Crippen molar-refractivity contribution in [3.63, 3.8) is 0 Å². The number of aromatic nitrogens is 4. The van der Waals surface area contributed by atoms with Gasteiger partial charge < -0.3 is 19.5 Å². The number of urea groups is 1. The molecule has 5 rings (SSSR count). The van der Waals surface area contributed by atoms with E-state index in [0.717, 1.165) is 50.5 Å². The summed E-state index contributed by atoms with van der Waals surface area (Å²) < 4.78 is 5.94. The molecule has 2 amide bonds. The van der Waals surface area contributed by atoms with Crippen LogP contribution in [0.1, 0.15) is 31.0 Å². The predicted octanol–water partition coefficient (Wildman–Crippen LogP) is 2.31. The lowest BCUT2D eigenvalue weighted by molar-refractivity contribution is -0.103. The van der Waals surface area contributed by atoms with Crippen LogP contribution < -0.4 is 4.74 Å². The molecule has 0 bridgehead atoms. The summed E-state index contributed by atoms with van der Waals surface area (Å²) in [6, 6.07) is 3.72. The van der Waals surface area contributed by atoms with Crippen molar-refractivity contribution < 1.29 is 9.53 Å². The molecular weight excluding hydrogens is 368 g/mol. The van der Waals surface area contributed by atoms with Crippen LogP contribution in [0.2, 0.25) is 5.15 Å². The molecule has 3 fully saturated rings. The highest BCUT2D eigenvalue weighted by Gasteiger charge is 2.55. The summed E-state index contributed by atoms with van der Waals surface area (Å²) in [6.45, 7) is 3.15. The number of ether oxygens (including phenoxy) is 1. The second kappa shape index (κ2) is 6.37. The van der Waals surface area contributed by atoms with E-state index in [-0.39, 0.29) is 23.5 Å². The van der Waals surface area contributed by atoms with Gasteiger partial charge in [0.1, 0.15) is 29.2 Å². The first-order valence-electron chi connectivity index (χ1n) is 9.28. The van der Waals surface area contributed by atoms with Crippen LogP contribution in [0.25, 0.3) is 0 Å². The van der Waals surface area contributed by atoms with E-state index in [1.54, 1.807) is 18.6 Å². The maximum atomic E-state index is 12.7. The maximum Gasteiger partial charge on any atom is 0.320 e. The molecule has 1 saturated carbocycles. The number of pyridine rings is 1. The largest absolute Gasteiger partial charge is 0.489 e. The lowest BCUT2D eigenvalue weighted by Crippen LogP contribution is -2.67. The highest BCUT2D eigenvalue weighted by atomic mass is 35.5. The molecule has 27 heavy (non-hydrogen) atoms. The SMILES string of the molecule is O=C(N1CCC(c2nnc[nH]2)C1)N1CC2(CC(Oc3ccc(Cl)nc3)C2)C1. The number of carbonyl (C=O) groups is 1. The van der Waals surface area contributed by atoms with Gasteiger partial charge in [-0.1, -0.05) is 11.6 Å². The van der Waals surface area contributed by atoms with E-state index in [0.29, 0.717) is 11.7 Å². The zero-order valence-electron chi connectivity index (χ0n) is 14.8. The average Bonchev–Trinajstić information content (AvgIpc) is 3.28. The number of hydrogen-bond donors (Lipinski definition) is 1. The van der Waals surface area contributed by atoms with Crippen molar-refractivity contribution in [3.05, 3.63) is 35.6 Å². The van der Waals surface area contributed by atoms with Crippen LogP contribution in [0.3, 0.4) is 0 Å². The van der Waals surface area contributed by atoms with Crippen LogP contribution in [0.5, 0.6) is 5.75 Å². The molecule has 2 aromatic heterocycles. The van der Waals surface area contributed by atoms with Gasteiger partial charge in [-0.05, 0) is 31.4 Å². The third-order valence-corrected chi connectivity index (χ3v) is 6.15. The molecule has 1 N–H and O–H groups in total. The number of carbonyl (C=O) groups excluding carboxylic acids is 1. The Labute approximate surface area is 161 Å². The average molecular weight is 389 g/mol. The van der Waals surface area contributed by atoms with Gasteiger partial charge in [0.15, 0.2) is 0 Å². The molecular formula is C18H21ClN6O2. The third kappa shape index (κ3) is 3.12. The minimum Gasteiger partial charge on any atom is -0.489 e. The van der Waals surface area contributed by atoms with E-state index < -0.39 is 0 Å². The van der Waals surface area contributed by atoms with Crippen molar-refractivity contribution >= 4 is 17.6 Å². The molecule has 4 heterocycles. The van der Waals surface area contributed by atoms with Gasteiger partial charge in [0.05, 0.1) is 6.20 Å². The number of likely N-dealkylation sites (tertiary alicyclic amines) is 2. The second-order valence-corrected chi connectivity index (χ2v) is 8.30. The number of rotatable bonds is 3. The number of halogens is 1. The Morgan fingerprint density at radius 3 is 2.85 bits per heavy atom. The fourth-order valence-corrected chi connectivity index (χ4v) is 4.65. The van der Waals surface area contributed by atoms with E-state index in [1.165, 1.54) is 0 Å². The quantitative estimate of drug-likeness (QED) is 0.815. The van der Waals surface area contributed by atoms with E-state index >= 15 is 0 Å². The summed E-state index contributed by atoms with van der Waals surface area (Å²) in [6.07, 6.45) is 6.36. The minimum atomic E-state index is 0.147. The van der Waals surface area contributed by atoms with E-state index in [1.807, 2.05) is 15.9 Å². The van der Waals surface area contributed by atoms with Gasteiger partial charge in [-0.25, -0.2) is 9.78 Å². The molecule has 0 radical (unpaired) electrons. The van der Waals surface area contributed by atoms with E-state index in [4.69, 9.17) is 16.3 Å². The number of nitrogens with zero attached hydrogens (tertiary/aromatic N) is 5. The zero-order valence-corrected chi connectivity index (χ0v) is 15.6. The Balaban J connectivity index is 1.09. The summed E-state index contributed by atoms with van der Waals surface area (Å²) >= 11 is 5.79. The van der Waals surface area contributed by atoms with Crippen LogP contribution >= 0.6 is 11.6 Å². The molecule has 1 unspecified atom stereocenters. The van der Waals surface area contributed by atoms with Gasteiger partial charge in [0.2, 0.25) is 0 Å². The molecule has 1 aliphatic carbocycles. The third-order valence-electron chi connectivity index (χ3n) is 5.93. The first-order chi connectivity index (χ1) is 13.1. The lowest BCUT2D eigenvalue weighted by Gasteiger charge is -2.58. The molecule has 142 valence electrons. The molecule has 2 aliphatic heterocycles. The Morgan fingerprint density at radius 1 is 1.30 bits per heavy atom. The van der Waals surface area contributed by atoms with Crippen LogP contribution in [-0.2, 0) is 0 Å². The van der Waals surface area contributed by atoms with Crippen molar-refractivity contribution in [1.29, 1.82) is 0 Å². The smallest absolute Gasteiger partial charge is 0.320 e. The van der Waals surface area contributed by atoms with Crippen LogP contribution in [0, 0.1) is 5.41 Å². The maximum absolute atomic E-state index is 12.7. The molecule has 8 nitrogen and oxygen atoms in total. The Hall–Kier alpha value is -2.35. The van der Waals surface area contributed by atoms with E-state index in [2.05, 4.69) is 20.2 Å². The van der Waals surface area contributed by atoms with Gasteiger partial charge in [-0.15, -0.1) is 10.2 Å². The topological polar surface area (TPSA) is 87.2 Å². The fourth-order valence-electron chi connectivity index (χ4n) is 4.54. The number of H-pyrrole nitrogens is 1. The number of nitrogens with one attached hydrogen (secondary N) is 1. The summed E-state index contributed by atoms with van der Waals surface area (Å²) in [5, 5.41) is 8.38. The Kier molecular flexibility index (Phi) is 3.96. The lowest BCUT2D eigenvalue weighted by atomic mass is 9.62. The normalized spacial score (nSPS) is 24.0. The van der Waals surface area contributed by atoms with Gasteiger partial charge in [0, 0.05) is 37.5 Å². The molecule has 1 spiro atoms. The standard InChI is InChI=1S/C18H21ClN6O2/c19-15-2-1-13(7-20-15)27-14-5-18(6-14)9-25(10-18)17(26)24-4-3-12(8-24)16-21-11-22-23-16/h1-2,7,11-12,14H,3-6,8-10H2,(H,21,22,23). The van der Waals surface area contributed by atoms with E-state index in [9.17, 15) is 4.79 Å². The Morgan fingerprint density at radius 2 is 2.15 bits per heavy atom. The van der Waals surface area contributed by atoms with Gasteiger partial charge in [-0.2, -0.15) is 0 Å². The Bertz CT molecular complexity index is 813. The van der Waals surface area contributed by atoms with Gasteiger partial charge in [0.25, 0.3) is 0 Å². The number of hydrogen-bond acceptors (Lipinski definition) is 5. The van der Waals surface area contributed by atoms with Crippen molar-refractivity contribution in [3.8, 4) is 5.75 Å². The van der Waals surface area contributed by atoms with Crippen LogP contribution in [0.4, 0.5) is 4.79 Å². The van der Waals surface area contributed by atoms with Crippen molar-refractivity contribution in [2.45, 2.75) is 31.3 Å². The molecule has 9 heteroatoms. The van der Waals surface area contributed by atoms with Crippen molar-refractivity contribution in [1.82, 2.24) is 30.0 Å². The number of amides is 2. The first kappa shape index (κ1) is 16.8. The predicted molar refractivity (Wildman–Crippen MR) is 97.6 cm³/mol. The molecule has 0 aromatic carbocycles. The minimum absolute atomic E-state index is 0.147. The summed E-state index contributed by atoms with van der Waals surface area (Å²) in [5.74, 6) is 1.89. The van der Waals surface area contributed by atoms with Gasteiger partial charge in [-0.3, -0.25) is 0 Å². The monoisotopic (exact) mass is 388 g/mol.